The molecule has 0 aromatic rings. The molecular weight excluding hydrogens is 799 g/mol. The largest absolute Gasteiger partial charge is 0.460 e. The zero-order chi connectivity index (χ0) is 46.7. The van der Waals surface area contributed by atoms with Crippen LogP contribution >= 0.6 is 0 Å². The van der Waals surface area contributed by atoms with E-state index in [1.54, 1.807) is 34.0 Å². The van der Waals surface area contributed by atoms with E-state index in [0.717, 1.165) is 12.7 Å². The van der Waals surface area contributed by atoms with E-state index in [1.165, 1.54) is 12.0 Å². The number of Topliss-reactive ketones (excluding diaryl/α,β-unsaturated/α-hetero) is 3. The number of unbranched alkanes of at least 4 members (excludes halogenated alkanes) is 1. The Bertz CT molecular complexity index is 1590. The van der Waals surface area contributed by atoms with E-state index in [2.05, 4.69) is 0 Å². The van der Waals surface area contributed by atoms with Crippen molar-refractivity contribution >= 4 is 29.2 Å². The third-order valence-electron chi connectivity index (χ3n) is 12.7. The molecule has 1 amide bonds. The van der Waals surface area contributed by atoms with Gasteiger partial charge in [-0.15, -0.1) is 0 Å². The number of ether oxygens (including phenoxy) is 4. The average Bonchev–Trinajstić information content (AvgIpc) is 3.26. The molecule has 14 nitrogen and oxygen atoms in total. The predicted molar refractivity (Wildman–Crippen MR) is 235 cm³/mol. The van der Waals surface area contributed by atoms with Gasteiger partial charge in [0, 0.05) is 65.1 Å². The number of rotatable bonds is 7. The third-order valence-corrected chi connectivity index (χ3v) is 12.7. The number of amides is 1. The summed E-state index contributed by atoms with van der Waals surface area (Å²) in [4.78, 5) is 70.8. The number of carbonyl (C=O) groups is 5. The third kappa shape index (κ3) is 15.4. The SMILES string of the molecule is CO.CO[C@H]1C[C@@H]2CC[C@@H](C)[C@@](O)(O2)C(=O)C(=O)N2CCCC[C@H]2C(=O)O[C@H]([C@H](C)CCCCO)CC(=O)[C@H](C)/C=C(\C)[C@@H](O)[C@@H](OC)C(=O)[C@H](C)C[C@H](C)/C=C/C=C/C=C/1C. The molecule has 62 heavy (non-hydrogen) atoms. The topological polar surface area (TPSA) is 206 Å². The van der Waals surface area contributed by atoms with Gasteiger partial charge in [0.1, 0.15) is 30.1 Å². The van der Waals surface area contributed by atoms with Crippen LogP contribution in [0.25, 0.3) is 0 Å². The fourth-order valence-electron chi connectivity index (χ4n) is 8.54. The van der Waals surface area contributed by atoms with Crippen LogP contribution in [-0.2, 0) is 42.9 Å². The van der Waals surface area contributed by atoms with Gasteiger partial charge in [0.25, 0.3) is 11.7 Å². The molecule has 2 saturated heterocycles. The van der Waals surface area contributed by atoms with Crippen LogP contribution in [0.4, 0.5) is 0 Å². The number of cyclic esters (lactones) is 1. The van der Waals surface area contributed by atoms with Crippen LogP contribution in [0, 0.1) is 29.6 Å². The molecule has 2 fully saturated rings. The molecule has 352 valence electrons. The van der Waals surface area contributed by atoms with Gasteiger partial charge in [-0.05, 0) is 88.2 Å². The van der Waals surface area contributed by atoms with Crippen molar-refractivity contribution in [1.29, 1.82) is 0 Å². The summed E-state index contributed by atoms with van der Waals surface area (Å²) in [5, 5.41) is 39.6. The molecule has 12 atom stereocenters. The Hall–Kier alpha value is -3.37. The second-order valence-corrected chi connectivity index (χ2v) is 17.6. The first kappa shape index (κ1) is 54.8. The van der Waals surface area contributed by atoms with Crippen molar-refractivity contribution in [2.24, 2.45) is 29.6 Å². The van der Waals surface area contributed by atoms with E-state index in [4.69, 9.17) is 24.1 Å². The lowest BCUT2D eigenvalue weighted by Gasteiger charge is -2.42. The number of aliphatic hydroxyl groups is 4. The van der Waals surface area contributed by atoms with Crippen molar-refractivity contribution in [3.05, 3.63) is 47.6 Å². The van der Waals surface area contributed by atoms with Gasteiger partial charge in [0.2, 0.25) is 5.79 Å². The van der Waals surface area contributed by atoms with Crippen LogP contribution in [-0.4, -0.2) is 131 Å². The van der Waals surface area contributed by atoms with Crippen LogP contribution in [0.5, 0.6) is 0 Å². The highest BCUT2D eigenvalue weighted by Crippen LogP contribution is 2.37. The highest BCUT2D eigenvalue weighted by Gasteiger charge is 2.53. The summed E-state index contributed by atoms with van der Waals surface area (Å²) >= 11 is 0. The van der Waals surface area contributed by atoms with E-state index in [0.29, 0.717) is 63.4 Å². The molecule has 0 aromatic carbocycles. The standard InChI is InChI=1S/C47H73NO12.CH4O/c1-29-17-11-10-12-18-30(2)39(57-8)27-36-22-21-35(7)47(56,60-36)44(53)45(54)48-23-15-13-20-37(48)46(55)59-40(31(3)19-14-16-24-49)28-38(50)32(4)26-34(6)42(52)43(58-9)41(51)33(5)25-29;1-2/h10-12,17-18,26,29,31-33,35-37,39-40,42-43,49,52,56H,13-16,19-25,27-28H2,1-9H3;2H,1H3/b12-10+,17-11+,30-18+,34-26+;/t29-,31-,32-,33-,35-,36+,37+,39+,40+,42-,43+,47-;/m1./s1. The molecule has 14 heteroatoms. The number of carbonyl (C=O) groups excluding carboxylic acids is 5. The smallest absolute Gasteiger partial charge is 0.329 e. The Balaban J connectivity index is 0.00000651. The molecule has 0 saturated carbocycles. The molecule has 0 radical (unpaired) electrons. The molecule has 3 rings (SSSR count). The number of piperidine rings is 1. The van der Waals surface area contributed by atoms with E-state index in [9.17, 15) is 39.3 Å². The highest BCUT2D eigenvalue weighted by atomic mass is 16.6. The number of aliphatic hydroxyl groups excluding tert-OH is 3. The Morgan fingerprint density at radius 1 is 0.903 bits per heavy atom. The predicted octanol–water partition coefficient (Wildman–Crippen LogP) is 5.39. The second-order valence-electron chi connectivity index (χ2n) is 17.6. The number of fused-ring (bicyclic) bond motifs is 3. The number of methoxy groups -OCH3 is 2. The number of hydrogen-bond donors (Lipinski definition) is 4. The van der Waals surface area contributed by atoms with Crippen molar-refractivity contribution in [3.8, 4) is 0 Å². The minimum Gasteiger partial charge on any atom is -0.460 e. The lowest BCUT2D eigenvalue weighted by Crippen LogP contribution is -2.61. The normalized spacial score (nSPS) is 36.4. The summed E-state index contributed by atoms with van der Waals surface area (Å²) < 4.78 is 23.5. The molecular formula is C48H77NO13. The van der Waals surface area contributed by atoms with Crippen molar-refractivity contribution in [2.75, 3.05) is 34.5 Å². The molecule has 2 bridgehead atoms. The molecule has 0 unspecified atom stereocenters. The van der Waals surface area contributed by atoms with Crippen molar-refractivity contribution in [2.45, 2.75) is 161 Å². The summed E-state index contributed by atoms with van der Waals surface area (Å²) in [6, 6.07) is -1.12. The fourth-order valence-corrected chi connectivity index (χ4v) is 8.54. The summed E-state index contributed by atoms with van der Waals surface area (Å²) in [5.74, 6) is -7.99. The Kier molecular flexibility index (Phi) is 23.9. The summed E-state index contributed by atoms with van der Waals surface area (Å²) in [5.41, 5.74) is 1.27. The minimum atomic E-state index is -2.42. The van der Waals surface area contributed by atoms with Crippen LogP contribution < -0.4 is 0 Å². The number of esters is 1. The first-order valence-electron chi connectivity index (χ1n) is 22.4. The zero-order valence-electron chi connectivity index (χ0n) is 38.9. The van der Waals surface area contributed by atoms with Crippen molar-refractivity contribution < 1.29 is 63.3 Å². The van der Waals surface area contributed by atoms with E-state index < -0.39 is 77.8 Å². The maximum absolute atomic E-state index is 14.1. The average molecular weight is 876 g/mol. The molecule has 3 heterocycles. The van der Waals surface area contributed by atoms with E-state index >= 15 is 0 Å². The van der Waals surface area contributed by atoms with Gasteiger partial charge < -0.3 is 44.3 Å². The Labute approximate surface area is 369 Å². The van der Waals surface area contributed by atoms with Gasteiger partial charge in [-0.1, -0.05) is 77.5 Å². The minimum absolute atomic E-state index is 0.0108. The van der Waals surface area contributed by atoms with Gasteiger partial charge in [-0.2, -0.15) is 0 Å². The van der Waals surface area contributed by atoms with Gasteiger partial charge in [0.05, 0.1) is 12.2 Å². The fraction of sp³-hybridized carbons (Fsp3) is 0.729. The Morgan fingerprint density at radius 2 is 1.60 bits per heavy atom. The summed E-state index contributed by atoms with van der Waals surface area (Å²) in [6.45, 7) is 12.6. The number of nitrogens with zero attached hydrogens (tertiary/aromatic N) is 1. The number of hydrogen-bond acceptors (Lipinski definition) is 13. The molecule has 4 N–H and O–H groups in total. The van der Waals surface area contributed by atoms with Gasteiger partial charge in [-0.25, -0.2) is 4.79 Å². The molecule has 0 spiro atoms. The lowest BCUT2D eigenvalue weighted by atomic mass is 9.85. The summed E-state index contributed by atoms with van der Waals surface area (Å²) in [7, 11) is 3.95. The van der Waals surface area contributed by atoms with Crippen LogP contribution in [0.15, 0.2) is 47.6 Å². The molecule has 0 aliphatic carbocycles. The summed E-state index contributed by atoms with van der Waals surface area (Å²) in [6.07, 6.45) is 11.5. The van der Waals surface area contributed by atoms with Crippen molar-refractivity contribution in [1.82, 2.24) is 4.90 Å². The van der Waals surface area contributed by atoms with Crippen molar-refractivity contribution in [3.63, 3.8) is 0 Å². The molecule has 3 aliphatic heterocycles. The maximum atomic E-state index is 14.1. The molecule has 3 aliphatic rings. The zero-order valence-corrected chi connectivity index (χ0v) is 38.9. The second kappa shape index (κ2) is 27.1. The van der Waals surface area contributed by atoms with Gasteiger partial charge in [-0.3, -0.25) is 19.2 Å². The van der Waals surface area contributed by atoms with Crippen LogP contribution in [0.1, 0.15) is 119 Å². The lowest BCUT2D eigenvalue weighted by molar-refractivity contribution is -0.265. The van der Waals surface area contributed by atoms with Gasteiger partial charge >= 0.3 is 5.97 Å². The highest BCUT2D eigenvalue weighted by molar-refractivity contribution is 6.39. The number of allylic oxidation sites excluding steroid dienone is 6. The Morgan fingerprint density at radius 3 is 2.24 bits per heavy atom. The maximum Gasteiger partial charge on any atom is 0.329 e. The quantitative estimate of drug-likeness (QED) is 0.110. The molecule has 0 aromatic heterocycles. The van der Waals surface area contributed by atoms with Crippen LogP contribution in [0.3, 0.4) is 0 Å². The number of ketones is 3. The van der Waals surface area contributed by atoms with E-state index in [1.807, 2.05) is 58.1 Å². The van der Waals surface area contributed by atoms with E-state index in [-0.39, 0.29) is 49.4 Å². The van der Waals surface area contributed by atoms with Gasteiger partial charge in [0.15, 0.2) is 5.78 Å². The van der Waals surface area contributed by atoms with Crippen LogP contribution in [0.2, 0.25) is 0 Å². The monoisotopic (exact) mass is 876 g/mol. The first-order valence-corrected chi connectivity index (χ1v) is 22.4. The first-order chi connectivity index (χ1) is 29.4.